The van der Waals surface area contributed by atoms with Crippen LogP contribution < -0.4 is 11.1 Å². The van der Waals surface area contributed by atoms with Gasteiger partial charge in [0, 0.05) is 41.1 Å². The van der Waals surface area contributed by atoms with Crippen LogP contribution in [0.2, 0.25) is 0 Å². The van der Waals surface area contributed by atoms with Gasteiger partial charge in [-0.3, -0.25) is 4.98 Å². The van der Waals surface area contributed by atoms with Crippen molar-refractivity contribution in [2.75, 3.05) is 17.6 Å². The van der Waals surface area contributed by atoms with Gasteiger partial charge in [-0.05, 0) is 36.5 Å². The van der Waals surface area contributed by atoms with Crippen LogP contribution in [0, 0.1) is 5.41 Å². The summed E-state index contributed by atoms with van der Waals surface area (Å²) in [5, 5.41) is 5.84. The summed E-state index contributed by atoms with van der Waals surface area (Å²) in [6.07, 6.45) is 10.5. The molecule has 3 rings (SSSR count). The van der Waals surface area contributed by atoms with Gasteiger partial charge in [-0.25, -0.2) is 0 Å². The van der Waals surface area contributed by atoms with E-state index < -0.39 is 0 Å². The fraction of sp³-hybridized carbons (Fsp3) is 0.471. The molecule has 0 aliphatic heterocycles. The van der Waals surface area contributed by atoms with E-state index in [0.29, 0.717) is 5.41 Å². The normalized spacial score (nSPS) is 18.1. The lowest BCUT2D eigenvalue weighted by molar-refractivity contribution is 0.233. The summed E-state index contributed by atoms with van der Waals surface area (Å²) in [4.78, 5) is 4.17. The van der Waals surface area contributed by atoms with E-state index in [1.54, 1.807) is 0 Å². The Morgan fingerprint density at radius 1 is 1.15 bits per heavy atom. The van der Waals surface area contributed by atoms with Crippen LogP contribution in [-0.2, 0) is 0 Å². The monoisotopic (exact) mass is 269 g/mol. The highest BCUT2D eigenvalue weighted by Crippen LogP contribution is 2.36. The predicted octanol–water partition coefficient (Wildman–Crippen LogP) is 4.20. The van der Waals surface area contributed by atoms with Gasteiger partial charge in [0.05, 0.1) is 0 Å². The quantitative estimate of drug-likeness (QED) is 0.821. The average Bonchev–Trinajstić information content (AvgIpc) is 2.48. The van der Waals surface area contributed by atoms with Crippen molar-refractivity contribution in [1.29, 1.82) is 0 Å². The van der Waals surface area contributed by atoms with Crippen LogP contribution in [0.4, 0.5) is 11.4 Å². The number of anilines is 2. The van der Waals surface area contributed by atoms with Crippen molar-refractivity contribution in [2.24, 2.45) is 5.41 Å². The van der Waals surface area contributed by atoms with E-state index in [-0.39, 0.29) is 0 Å². The third kappa shape index (κ3) is 2.58. The maximum Gasteiger partial charge on any atom is 0.0422 e. The first kappa shape index (κ1) is 13.2. The molecule has 1 aliphatic carbocycles. The van der Waals surface area contributed by atoms with E-state index in [0.717, 1.165) is 17.6 Å². The van der Waals surface area contributed by atoms with E-state index >= 15 is 0 Å². The molecule has 106 valence electrons. The number of aromatic nitrogens is 1. The maximum atomic E-state index is 6.02. The molecule has 0 spiro atoms. The Hall–Kier alpha value is -1.77. The Bertz CT molecular complexity index is 600. The third-order valence-corrected chi connectivity index (χ3v) is 4.62. The zero-order chi connectivity index (χ0) is 14.0. The van der Waals surface area contributed by atoms with Crippen molar-refractivity contribution >= 4 is 22.1 Å². The fourth-order valence-corrected chi connectivity index (χ4v) is 3.26. The van der Waals surface area contributed by atoms with Gasteiger partial charge in [-0.15, -0.1) is 0 Å². The third-order valence-electron chi connectivity index (χ3n) is 4.62. The van der Waals surface area contributed by atoms with E-state index in [1.807, 2.05) is 24.5 Å². The van der Waals surface area contributed by atoms with Gasteiger partial charge < -0.3 is 11.1 Å². The molecule has 1 aromatic carbocycles. The van der Waals surface area contributed by atoms with Gasteiger partial charge in [0.25, 0.3) is 0 Å². The minimum Gasteiger partial charge on any atom is -0.398 e. The topological polar surface area (TPSA) is 50.9 Å². The molecule has 0 amide bonds. The summed E-state index contributed by atoms with van der Waals surface area (Å²) in [5.74, 6) is 0. The molecule has 3 heteroatoms. The van der Waals surface area contributed by atoms with Crippen molar-refractivity contribution in [3.05, 3.63) is 30.6 Å². The lowest BCUT2D eigenvalue weighted by Gasteiger charge is -2.34. The Kier molecular flexibility index (Phi) is 3.51. The van der Waals surface area contributed by atoms with Gasteiger partial charge in [-0.2, -0.15) is 0 Å². The molecular formula is C17H23N3. The summed E-state index contributed by atoms with van der Waals surface area (Å²) in [7, 11) is 0. The average molecular weight is 269 g/mol. The highest BCUT2D eigenvalue weighted by atomic mass is 14.9. The molecule has 1 heterocycles. The minimum atomic E-state index is 0.430. The first-order valence-corrected chi connectivity index (χ1v) is 7.54. The smallest absolute Gasteiger partial charge is 0.0422 e. The molecule has 1 saturated carbocycles. The number of nitrogens with two attached hydrogens (primary N) is 1. The number of benzene rings is 1. The minimum absolute atomic E-state index is 0.430. The van der Waals surface area contributed by atoms with Gasteiger partial charge in [0.15, 0.2) is 0 Å². The van der Waals surface area contributed by atoms with Crippen LogP contribution in [0.3, 0.4) is 0 Å². The lowest BCUT2D eigenvalue weighted by Crippen LogP contribution is -2.28. The van der Waals surface area contributed by atoms with Gasteiger partial charge in [0.2, 0.25) is 0 Å². The van der Waals surface area contributed by atoms with E-state index in [9.17, 15) is 0 Å². The first-order valence-electron chi connectivity index (χ1n) is 7.54. The number of nitrogens with one attached hydrogen (secondary N) is 1. The highest BCUT2D eigenvalue weighted by Gasteiger charge is 2.26. The number of nitrogen functional groups attached to an aromatic ring is 1. The van der Waals surface area contributed by atoms with Crippen molar-refractivity contribution in [2.45, 2.75) is 39.0 Å². The zero-order valence-electron chi connectivity index (χ0n) is 12.2. The molecule has 2 aromatic rings. The summed E-state index contributed by atoms with van der Waals surface area (Å²) in [6.45, 7) is 3.44. The second kappa shape index (κ2) is 5.31. The molecule has 1 fully saturated rings. The zero-order valence-corrected chi connectivity index (χ0v) is 12.2. The van der Waals surface area contributed by atoms with Crippen LogP contribution in [0.25, 0.3) is 10.8 Å². The number of nitrogens with zero attached hydrogens (tertiary/aromatic N) is 1. The van der Waals surface area contributed by atoms with E-state index in [2.05, 4.69) is 23.3 Å². The Morgan fingerprint density at radius 3 is 2.75 bits per heavy atom. The molecule has 3 nitrogen and oxygen atoms in total. The van der Waals surface area contributed by atoms with Crippen LogP contribution >= 0.6 is 0 Å². The van der Waals surface area contributed by atoms with Crippen LogP contribution in [0.15, 0.2) is 30.6 Å². The molecule has 1 aromatic heterocycles. The number of hydrogen-bond donors (Lipinski definition) is 2. The van der Waals surface area contributed by atoms with Crippen molar-refractivity contribution in [3.8, 4) is 0 Å². The van der Waals surface area contributed by atoms with Crippen LogP contribution in [0.5, 0.6) is 0 Å². The number of fused-ring (bicyclic) bond motifs is 1. The number of pyridine rings is 1. The van der Waals surface area contributed by atoms with Crippen molar-refractivity contribution in [3.63, 3.8) is 0 Å². The molecule has 0 bridgehead atoms. The molecule has 0 radical (unpaired) electrons. The van der Waals surface area contributed by atoms with Gasteiger partial charge in [-0.1, -0.05) is 26.2 Å². The second-order valence-electron chi connectivity index (χ2n) is 6.35. The number of rotatable bonds is 3. The van der Waals surface area contributed by atoms with Crippen molar-refractivity contribution < 1.29 is 0 Å². The van der Waals surface area contributed by atoms with Crippen molar-refractivity contribution in [1.82, 2.24) is 4.98 Å². The summed E-state index contributed by atoms with van der Waals surface area (Å²) in [5.41, 5.74) is 8.42. The molecule has 0 atom stereocenters. The Balaban J connectivity index is 1.82. The Labute approximate surface area is 120 Å². The SMILES string of the molecule is CC1(CNc2ccc(N)c3cnccc23)CCCCC1. The van der Waals surface area contributed by atoms with Crippen LogP contribution in [-0.4, -0.2) is 11.5 Å². The van der Waals surface area contributed by atoms with E-state index in [1.165, 1.54) is 43.2 Å². The lowest BCUT2D eigenvalue weighted by atomic mass is 9.75. The van der Waals surface area contributed by atoms with Crippen LogP contribution in [0.1, 0.15) is 39.0 Å². The predicted molar refractivity (Wildman–Crippen MR) is 85.8 cm³/mol. The molecule has 0 saturated heterocycles. The summed E-state index contributed by atoms with van der Waals surface area (Å²) in [6, 6.07) is 6.09. The molecule has 1 aliphatic rings. The molecule has 0 unspecified atom stereocenters. The van der Waals surface area contributed by atoms with Gasteiger partial charge in [0.1, 0.15) is 0 Å². The van der Waals surface area contributed by atoms with Gasteiger partial charge >= 0.3 is 0 Å². The summed E-state index contributed by atoms with van der Waals surface area (Å²) < 4.78 is 0. The first-order chi connectivity index (χ1) is 9.68. The Morgan fingerprint density at radius 2 is 1.95 bits per heavy atom. The summed E-state index contributed by atoms with van der Waals surface area (Å²) >= 11 is 0. The van der Waals surface area contributed by atoms with E-state index in [4.69, 9.17) is 5.73 Å². The molecule has 20 heavy (non-hydrogen) atoms. The standard InChI is InChI=1S/C17H23N3/c1-17(8-3-2-4-9-17)12-20-16-6-5-15(18)14-11-19-10-7-13(14)16/h5-7,10-11,20H,2-4,8-9,12,18H2,1H3. The maximum absolute atomic E-state index is 6.02. The largest absolute Gasteiger partial charge is 0.398 e. The molecular weight excluding hydrogens is 246 g/mol. The highest BCUT2D eigenvalue weighted by molar-refractivity contribution is 6.00. The number of hydrogen-bond acceptors (Lipinski definition) is 3. The molecule has 3 N–H and O–H groups in total. The second-order valence-corrected chi connectivity index (χ2v) is 6.35. The fourth-order valence-electron chi connectivity index (χ4n) is 3.26.